The number of hydrogen-bond acceptors (Lipinski definition) is 4. The van der Waals surface area contributed by atoms with Crippen LogP contribution in [-0.2, 0) is 13.1 Å². The first kappa shape index (κ1) is 13.2. The topological polar surface area (TPSA) is 85.8 Å². The predicted octanol–water partition coefficient (Wildman–Crippen LogP) is 0.475. The molecule has 3 N–H and O–H groups in total. The third-order valence-corrected chi connectivity index (χ3v) is 2.85. The molecule has 2 heterocycles. The van der Waals surface area contributed by atoms with E-state index >= 15 is 0 Å². The van der Waals surface area contributed by atoms with Gasteiger partial charge in [-0.2, -0.15) is 0 Å². The lowest BCUT2D eigenvalue weighted by Gasteiger charge is -2.07. The summed E-state index contributed by atoms with van der Waals surface area (Å²) >= 11 is 0. The molecular weight excluding hydrogens is 242 g/mol. The highest BCUT2D eigenvalue weighted by atomic mass is 16.1. The number of aromatic nitrogens is 3. The molecule has 0 atom stereocenters. The Morgan fingerprint density at radius 1 is 1.42 bits per heavy atom. The third kappa shape index (κ3) is 3.38. The predicted molar refractivity (Wildman–Crippen MR) is 71.4 cm³/mol. The van der Waals surface area contributed by atoms with Gasteiger partial charge in [0.2, 0.25) is 0 Å². The van der Waals surface area contributed by atoms with Gasteiger partial charge in [-0.3, -0.25) is 9.78 Å². The van der Waals surface area contributed by atoms with Crippen molar-refractivity contribution < 1.29 is 4.79 Å². The maximum atomic E-state index is 11.9. The number of amides is 1. The van der Waals surface area contributed by atoms with Gasteiger partial charge in [0.25, 0.3) is 5.91 Å². The molecule has 6 nitrogen and oxygen atoms in total. The van der Waals surface area contributed by atoms with Crippen LogP contribution in [0.2, 0.25) is 0 Å². The molecule has 2 rings (SSSR count). The lowest BCUT2D eigenvalue weighted by molar-refractivity contribution is 0.0952. The standard InChI is InChI=1S/C13H17N5O/c1-10-15-4-6-18(10)7-5-17-13(19)11-2-3-16-12(8-11)9-14/h2-4,6,8H,5,7,9,14H2,1H3,(H,17,19). The number of carbonyl (C=O) groups excluding carboxylic acids is 1. The fourth-order valence-electron chi connectivity index (χ4n) is 1.76. The zero-order chi connectivity index (χ0) is 13.7. The van der Waals surface area contributed by atoms with Crippen LogP contribution in [0.4, 0.5) is 0 Å². The number of rotatable bonds is 5. The molecule has 0 radical (unpaired) electrons. The lowest BCUT2D eigenvalue weighted by Crippen LogP contribution is -2.27. The van der Waals surface area contributed by atoms with Crippen molar-refractivity contribution in [2.75, 3.05) is 6.54 Å². The molecule has 0 spiro atoms. The highest BCUT2D eigenvalue weighted by Gasteiger charge is 2.06. The van der Waals surface area contributed by atoms with Crippen molar-refractivity contribution in [3.05, 3.63) is 47.8 Å². The van der Waals surface area contributed by atoms with Gasteiger partial charge in [-0.05, 0) is 19.1 Å². The first-order valence-corrected chi connectivity index (χ1v) is 6.11. The Labute approximate surface area is 111 Å². The SMILES string of the molecule is Cc1nccn1CCNC(=O)c1ccnc(CN)c1. The average molecular weight is 259 g/mol. The normalized spacial score (nSPS) is 10.4. The minimum atomic E-state index is -0.116. The van der Waals surface area contributed by atoms with Gasteiger partial charge in [0, 0.05) is 43.8 Å². The van der Waals surface area contributed by atoms with Crippen molar-refractivity contribution in [3.8, 4) is 0 Å². The van der Waals surface area contributed by atoms with E-state index in [1.54, 1.807) is 24.5 Å². The Bertz CT molecular complexity index is 564. The van der Waals surface area contributed by atoms with E-state index in [2.05, 4.69) is 15.3 Å². The summed E-state index contributed by atoms with van der Waals surface area (Å²) in [4.78, 5) is 20.1. The van der Waals surface area contributed by atoms with Crippen LogP contribution in [0.5, 0.6) is 0 Å². The van der Waals surface area contributed by atoms with Crippen LogP contribution in [0, 0.1) is 6.92 Å². The maximum Gasteiger partial charge on any atom is 0.251 e. The summed E-state index contributed by atoms with van der Waals surface area (Å²) in [6.45, 7) is 3.51. The Kier molecular flexibility index (Phi) is 4.25. The smallest absolute Gasteiger partial charge is 0.251 e. The summed E-state index contributed by atoms with van der Waals surface area (Å²) in [5.41, 5.74) is 6.78. The molecule has 2 aromatic heterocycles. The van der Waals surface area contributed by atoms with Crippen LogP contribution < -0.4 is 11.1 Å². The summed E-state index contributed by atoms with van der Waals surface area (Å²) in [5.74, 6) is 0.818. The fourth-order valence-corrected chi connectivity index (χ4v) is 1.76. The quantitative estimate of drug-likeness (QED) is 0.817. The van der Waals surface area contributed by atoms with Crippen molar-refractivity contribution in [1.29, 1.82) is 0 Å². The summed E-state index contributed by atoms with van der Waals surface area (Å²) in [6.07, 6.45) is 5.23. The second-order valence-corrected chi connectivity index (χ2v) is 4.16. The summed E-state index contributed by atoms with van der Waals surface area (Å²) in [5, 5.41) is 2.86. The molecule has 19 heavy (non-hydrogen) atoms. The van der Waals surface area contributed by atoms with Crippen molar-refractivity contribution in [3.63, 3.8) is 0 Å². The number of nitrogens with one attached hydrogen (secondary N) is 1. The number of aryl methyl sites for hydroxylation is 1. The first-order chi connectivity index (χ1) is 9.20. The van der Waals surface area contributed by atoms with Gasteiger partial charge >= 0.3 is 0 Å². The number of nitrogens with two attached hydrogens (primary N) is 1. The number of imidazole rings is 1. The van der Waals surface area contributed by atoms with Crippen LogP contribution in [0.3, 0.4) is 0 Å². The molecule has 0 aliphatic heterocycles. The Morgan fingerprint density at radius 3 is 2.95 bits per heavy atom. The van der Waals surface area contributed by atoms with Gasteiger partial charge in [-0.25, -0.2) is 4.98 Å². The van der Waals surface area contributed by atoms with Crippen LogP contribution >= 0.6 is 0 Å². The van der Waals surface area contributed by atoms with Crippen LogP contribution in [0.25, 0.3) is 0 Å². The van der Waals surface area contributed by atoms with Crippen LogP contribution in [0.15, 0.2) is 30.7 Å². The molecule has 1 amide bonds. The average Bonchev–Trinajstić information content (AvgIpc) is 2.84. The van der Waals surface area contributed by atoms with Crippen LogP contribution in [-0.4, -0.2) is 27.0 Å². The minimum absolute atomic E-state index is 0.116. The summed E-state index contributed by atoms with van der Waals surface area (Å²) in [6, 6.07) is 3.38. The second kappa shape index (κ2) is 6.10. The van der Waals surface area contributed by atoms with E-state index < -0.39 is 0 Å². The Balaban J connectivity index is 1.89. The monoisotopic (exact) mass is 259 g/mol. The minimum Gasteiger partial charge on any atom is -0.350 e. The Hall–Kier alpha value is -2.21. The van der Waals surface area contributed by atoms with Gasteiger partial charge in [-0.15, -0.1) is 0 Å². The molecule has 0 aliphatic carbocycles. The second-order valence-electron chi connectivity index (χ2n) is 4.16. The van der Waals surface area contributed by atoms with E-state index in [-0.39, 0.29) is 5.91 Å². The van der Waals surface area contributed by atoms with Crippen molar-refractivity contribution in [1.82, 2.24) is 19.9 Å². The highest BCUT2D eigenvalue weighted by Crippen LogP contribution is 2.01. The van der Waals surface area contributed by atoms with Crippen molar-refractivity contribution in [2.24, 2.45) is 5.73 Å². The zero-order valence-corrected chi connectivity index (χ0v) is 10.8. The summed E-state index contributed by atoms with van der Waals surface area (Å²) in [7, 11) is 0. The highest BCUT2D eigenvalue weighted by molar-refractivity contribution is 5.94. The number of hydrogen-bond donors (Lipinski definition) is 2. The third-order valence-electron chi connectivity index (χ3n) is 2.85. The molecule has 6 heteroatoms. The Morgan fingerprint density at radius 2 is 2.26 bits per heavy atom. The molecule has 0 fully saturated rings. The van der Waals surface area contributed by atoms with Gasteiger partial charge < -0.3 is 15.6 Å². The molecule has 2 aromatic rings. The van der Waals surface area contributed by atoms with Gasteiger partial charge in [-0.1, -0.05) is 0 Å². The number of nitrogens with zero attached hydrogens (tertiary/aromatic N) is 3. The zero-order valence-electron chi connectivity index (χ0n) is 10.8. The van der Waals surface area contributed by atoms with E-state index in [1.165, 1.54) is 0 Å². The van der Waals surface area contributed by atoms with Gasteiger partial charge in [0.05, 0.1) is 5.69 Å². The summed E-state index contributed by atoms with van der Waals surface area (Å²) < 4.78 is 1.98. The fraction of sp³-hybridized carbons (Fsp3) is 0.308. The van der Waals surface area contributed by atoms with Crippen molar-refractivity contribution >= 4 is 5.91 Å². The maximum absolute atomic E-state index is 11.9. The molecule has 0 bridgehead atoms. The molecule has 0 aliphatic rings. The lowest BCUT2D eigenvalue weighted by atomic mass is 10.2. The molecule has 0 unspecified atom stereocenters. The van der Waals surface area contributed by atoms with Crippen molar-refractivity contribution in [2.45, 2.75) is 20.0 Å². The molecule has 0 saturated carbocycles. The molecular formula is C13H17N5O. The van der Waals surface area contributed by atoms with Gasteiger partial charge in [0.1, 0.15) is 5.82 Å². The first-order valence-electron chi connectivity index (χ1n) is 6.11. The van der Waals surface area contributed by atoms with E-state index in [4.69, 9.17) is 5.73 Å². The molecule has 0 aromatic carbocycles. The van der Waals surface area contributed by atoms with E-state index in [0.717, 1.165) is 5.82 Å². The number of carbonyl (C=O) groups is 1. The molecule has 0 saturated heterocycles. The van der Waals surface area contributed by atoms with E-state index in [1.807, 2.05) is 17.7 Å². The largest absolute Gasteiger partial charge is 0.350 e. The van der Waals surface area contributed by atoms with E-state index in [0.29, 0.717) is 30.9 Å². The van der Waals surface area contributed by atoms with Gasteiger partial charge in [0.15, 0.2) is 0 Å². The molecule has 100 valence electrons. The van der Waals surface area contributed by atoms with E-state index in [9.17, 15) is 4.79 Å². The number of pyridine rings is 1. The van der Waals surface area contributed by atoms with Crippen LogP contribution in [0.1, 0.15) is 21.9 Å².